The van der Waals surface area contributed by atoms with Crippen molar-refractivity contribution in [1.82, 2.24) is 0 Å². The molecule has 1 aliphatic rings. The number of nitrogens with zero attached hydrogens (tertiary/aromatic N) is 1. The third kappa shape index (κ3) is 6.09. The average Bonchev–Trinajstić information content (AvgIpc) is 2.88. The van der Waals surface area contributed by atoms with Crippen LogP contribution in [0.3, 0.4) is 0 Å². The lowest BCUT2D eigenvalue weighted by Gasteiger charge is -2.31. The van der Waals surface area contributed by atoms with E-state index < -0.39 is 32.6 Å². The highest BCUT2D eigenvalue weighted by atomic mass is 32.2. The van der Waals surface area contributed by atoms with Crippen LogP contribution >= 0.6 is 0 Å². The molecule has 3 aromatic carbocycles. The molecule has 0 aromatic heterocycles. The summed E-state index contributed by atoms with van der Waals surface area (Å²) in [6.07, 6.45) is -4.42. The Hall–Kier alpha value is -3.73. The number of alkyl halides is 3. The van der Waals surface area contributed by atoms with Crippen molar-refractivity contribution in [2.75, 3.05) is 24.6 Å². The maximum Gasteiger partial charge on any atom is 0.416 e. The summed E-state index contributed by atoms with van der Waals surface area (Å²) < 4.78 is 77.6. The number of halogens is 3. The van der Waals surface area contributed by atoms with E-state index in [2.05, 4.69) is 0 Å². The molecule has 7 nitrogen and oxygen atoms in total. The van der Waals surface area contributed by atoms with Crippen molar-refractivity contribution >= 4 is 21.7 Å². The molecule has 192 valence electrons. The quantitative estimate of drug-likeness (QED) is 0.478. The summed E-state index contributed by atoms with van der Waals surface area (Å²) in [6, 6.07) is 16.1. The Bertz CT molecular complexity index is 1320. The summed E-state index contributed by atoms with van der Waals surface area (Å²) in [5.74, 6) is 0.280. The molecule has 1 N–H and O–H groups in total. The Balaban J connectivity index is 0.000000658. The van der Waals surface area contributed by atoms with Crippen molar-refractivity contribution in [1.29, 1.82) is 0 Å². The van der Waals surface area contributed by atoms with Crippen LogP contribution in [0.4, 0.5) is 18.9 Å². The largest absolute Gasteiger partial charge is 0.497 e. The summed E-state index contributed by atoms with van der Waals surface area (Å²) in [5.41, 5.74) is 0.813. The van der Waals surface area contributed by atoms with Gasteiger partial charge in [0.1, 0.15) is 18.1 Å². The average molecular weight is 524 g/mol. The first kappa shape index (κ1) is 26.9. The van der Waals surface area contributed by atoms with Gasteiger partial charge in [0.15, 0.2) is 0 Å². The minimum absolute atomic E-state index is 0.0162. The smallest absolute Gasteiger partial charge is 0.416 e. The highest BCUT2D eigenvalue weighted by Gasteiger charge is 2.34. The second kappa shape index (κ2) is 10.9. The zero-order valence-corrected chi connectivity index (χ0v) is 20.3. The number of sulfonamides is 1. The third-order valence-electron chi connectivity index (χ3n) is 5.25. The van der Waals surface area contributed by atoms with Crippen LogP contribution in [0.2, 0.25) is 0 Å². The maximum absolute atomic E-state index is 13.2. The molecule has 0 fully saturated rings. The van der Waals surface area contributed by atoms with E-state index in [4.69, 9.17) is 14.6 Å². The van der Waals surface area contributed by atoms with Crippen molar-refractivity contribution in [3.8, 4) is 22.6 Å². The minimum atomic E-state index is -4.64. The molecule has 0 saturated heterocycles. The van der Waals surface area contributed by atoms with Gasteiger partial charge in [-0.1, -0.05) is 31.2 Å². The molecule has 4 rings (SSSR count). The normalized spacial score (nSPS) is 13.1. The number of ether oxygens (including phenoxy) is 2. The van der Waals surface area contributed by atoms with Crippen molar-refractivity contribution in [2.45, 2.75) is 24.4 Å². The standard InChI is InChI=1S/C22H18F3NO4S.C3H6O2/c1-29-18-8-5-15(6-9-18)16-7-10-21-20(13-16)26(11-12-30-21)31(27,28)19-4-2-3-17(14-19)22(23,24)25;1-2-3(4)5/h2-10,13-14H,11-12H2,1H3;2H2,1H3,(H,4,5). The molecule has 0 unspecified atom stereocenters. The summed E-state index contributed by atoms with van der Waals surface area (Å²) in [6.45, 7) is 1.67. The first-order chi connectivity index (χ1) is 17.0. The van der Waals surface area contributed by atoms with Crippen LogP contribution < -0.4 is 13.8 Å². The Morgan fingerprint density at radius 2 is 1.69 bits per heavy atom. The molecule has 0 radical (unpaired) electrons. The SMILES string of the molecule is CCC(=O)O.COc1ccc(-c2ccc3c(c2)N(S(=O)(=O)c2cccc(C(F)(F)F)c2)CCO3)cc1. The van der Waals surface area contributed by atoms with E-state index >= 15 is 0 Å². The molecular weight excluding hydrogens is 499 g/mol. The predicted molar refractivity (Wildman–Crippen MR) is 128 cm³/mol. The van der Waals surface area contributed by atoms with E-state index in [1.54, 1.807) is 44.4 Å². The Morgan fingerprint density at radius 3 is 2.28 bits per heavy atom. The van der Waals surface area contributed by atoms with Gasteiger partial charge in [0.05, 0.1) is 29.8 Å². The fraction of sp³-hybridized carbons (Fsp3) is 0.240. The van der Waals surface area contributed by atoms with Gasteiger partial charge in [-0.15, -0.1) is 0 Å². The third-order valence-corrected chi connectivity index (χ3v) is 7.06. The zero-order chi connectivity index (χ0) is 26.5. The van der Waals surface area contributed by atoms with Gasteiger partial charge in [-0.3, -0.25) is 9.10 Å². The molecule has 0 amide bonds. The van der Waals surface area contributed by atoms with Gasteiger partial charge in [0.25, 0.3) is 10.0 Å². The van der Waals surface area contributed by atoms with Gasteiger partial charge < -0.3 is 14.6 Å². The van der Waals surface area contributed by atoms with Gasteiger partial charge in [-0.25, -0.2) is 8.42 Å². The zero-order valence-electron chi connectivity index (χ0n) is 19.4. The summed E-state index contributed by atoms with van der Waals surface area (Å²) in [7, 11) is -2.68. The predicted octanol–water partition coefficient (Wildman–Crippen LogP) is 5.45. The van der Waals surface area contributed by atoms with Crippen LogP contribution in [0.15, 0.2) is 71.6 Å². The summed E-state index contributed by atoms with van der Waals surface area (Å²) >= 11 is 0. The second-order valence-electron chi connectivity index (χ2n) is 7.61. The number of hydrogen-bond donors (Lipinski definition) is 1. The van der Waals surface area contributed by atoms with Gasteiger partial charge in [0, 0.05) is 6.42 Å². The molecule has 0 atom stereocenters. The van der Waals surface area contributed by atoms with Gasteiger partial charge in [-0.05, 0) is 53.6 Å². The fourth-order valence-electron chi connectivity index (χ4n) is 3.37. The molecular formula is C25H24F3NO6S. The van der Waals surface area contributed by atoms with Gasteiger partial charge in [0.2, 0.25) is 0 Å². The van der Waals surface area contributed by atoms with E-state index in [1.807, 2.05) is 12.1 Å². The van der Waals surface area contributed by atoms with Crippen LogP contribution in [0.5, 0.6) is 11.5 Å². The lowest BCUT2D eigenvalue weighted by atomic mass is 10.0. The molecule has 36 heavy (non-hydrogen) atoms. The first-order valence-corrected chi connectivity index (χ1v) is 12.2. The Labute approximate surface area is 206 Å². The number of hydrogen-bond acceptors (Lipinski definition) is 5. The van der Waals surface area contributed by atoms with Crippen molar-refractivity contribution in [3.63, 3.8) is 0 Å². The molecule has 1 aliphatic heterocycles. The number of anilines is 1. The monoisotopic (exact) mass is 523 g/mol. The Morgan fingerprint density at radius 1 is 1.06 bits per heavy atom. The van der Waals surface area contributed by atoms with Crippen molar-refractivity contribution in [3.05, 3.63) is 72.3 Å². The summed E-state index contributed by atoms with van der Waals surface area (Å²) in [4.78, 5) is 8.94. The van der Waals surface area contributed by atoms with Crippen LogP contribution in [0.25, 0.3) is 11.1 Å². The lowest BCUT2D eigenvalue weighted by Crippen LogP contribution is -2.38. The highest BCUT2D eigenvalue weighted by Crippen LogP contribution is 2.39. The number of fused-ring (bicyclic) bond motifs is 1. The minimum Gasteiger partial charge on any atom is -0.497 e. The molecule has 3 aromatic rings. The van der Waals surface area contributed by atoms with Crippen LogP contribution in [0.1, 0.15) is 18.9 Å². The van der Waals surface area contributed by atoms with Gasteiger partial charge >= 0.3 is 12.1 Å². The van der Waals surface area contributed by atoms with E-state index in [-0.39, 0.29) is 25.3 Å². The molecule has 0 bridgehead atoms. The molecule has 0 spiro atoms. The number of carbonyl (C=O) groups is 1. The lowest BCUT2D eigenvalue weighted by molar-refractivity contribution is -0.138. The van der Waals surface area contributed by atoms with E-state index in [1.165, 1.54) is 0 Å². The van der Waals surface area contributed by atoms with E-state index in [0.29, 0.717) is 17.6 Å². The Kier molecular flexibility index (Phi) is 8.13. The number of benzene rings is 3. The molecule has 1 heterocycles. The number of rotatable bonds is 5. The first-order valence-electron chi connectivity index (χ1n) is 10.8. The van der Waals surface area contributed by atoms with E-state index in [0.717, 1.165) is 33.6 Å². The van der Waals surface area contributed by atoms with Crippen LogP contribution in [0, 0.1) is 0 Å². The van der Waals surface area contributed by atoms with Gasteiger partial charge in [-0.2, -0.15) is 13.2 Å². The van der Waals surface area contributed by atoms with Crippen molar-refractivity contribution < 1.29 is 41.0 Å². The fourth-order valence-corrected chi connectivity index (χ4v) is 4.86. The number of carboxylic acids is 1. The molecule has 0 saturated carbocycles. The number of carboxylic acid groups (broad SMARTS) is 1. The number of aliphatic carboxylic acids is 1. The van der Waals surface area contributed by atoms with Crippen molar-refractivity contribution in [2.24, 2.45) is 0 Å². The maximum atomic E-state index is 13.2. The van der Waals surface area contributed by atoms with Crippen LogP contribution in [-0.4, -0.2) is 39.8 Å². The topological polar surface area (TPSA) is 93.1 Å². The van der Waals surface area contributed by atoms with Crippen LogP contribution in [-0.2, 0) is 21.0 Å². The summed E-state index contributed by atoms with van der Waals surface area (Å²) in [5, 5.41) is 7.72. The second-order valence-corrected chi connectivity index (χ2v) is 9.47. The highest BCUT2D eigenvalue weighted by molar-refractivity contribution is 7.92. The molecule has 0 aliphatic carbocycles. The molecule has 11 heteroatoms. The number of methoxy groups -OCH3 is 1. The van der Waals surface area contributed by atoms with E-state index in [9.17, 15) is 26.4 Å².